The normalized spacial score (nSPS) is 24.8. The van der Waals surface area contributed by atoms with Gasteiger partial charge in [-0.1, -0.05) is 11.6 Å². The van der Waals surface area contributed by atoms with Crippen LogP contribution >= 0.6 is 11.6 Å². The third-order valence-corrected chi connectivity index (χ3v) is 6.55. The van der Waals surface area contributed by atoms with Crippen LogP contribution in [0.3, 0.4) is 0 Å². The summed E-state index contributed by atoms with van der Waals surface area (Å²) in [7, 11) is -2.19. The standard InChI is InChI=1S/C14H21ClN4O3S/c1-9-14(10(2)18-17-9)23(21,22)19(3)8-13(20)16-12-6-4-11(15)5-7-12/h4-7,9-10,14,17-18H,8H2,1-3H3,(H,16,20). The quantitative estimate of drug-likeness (QED) is 0.722. The minimum Gasteiger partial charge on any atom is -0.325 e. The number of hydrazine groups is 1. The molecule has 0 aliphatic carbocycles. The molecule has 1 aliphatic heterocycles. The summed E-state index contributed by atoms with van der Waals surface area (Å²) < 4.78 is 26.4. The van der Waals surface area contributed by atoms with E-state index in [1.54, 1.807) is 38.1 Å². The van der Waals surface area contributed by atoms with Crippen LogP contribution in [0.25, 0.3) is 0 Å². The summed E-state index contributed by atoms with van der Waals surface area (Å²) in [5.41, 5.74) is 6.39. The first-order valence-corrected chi connectivity index (χ1v) is 9.11. The lowest BCUT2D eigenvalue weighted by atomic mass is 10.2. The van der Waals surface area contributed by atoms with Crippen molar-refractivity contribution in [3.8, 4) is 0 Å². The second kappa shape index (κ2) is 7.14. The van der Waals surface area contributed by atoms with Crippen LogP contribution in [-0.4, -0.2) is 49.6 Å². The zero-order chi connectivity index (χ0) is 17.2. The summed E-state index contributed by atoms with van der Waals surface area (Å²) in [5.74, 6) is -0.405. The molecule has 128 valence electrons. The third kappa shape index (κ3) is 4.21. The number of carbonyl (C=O) groups is 1. The number of rotatable bonds is 5. The van der Waals surface area contributed by atoms with Crippen molar-refractivity contribution in [2.75, 3.05) is 18.9 Å². The number of hydrogen-bond donors (Lipinski definition) is 3. The summed E-state index contributed by atoms with van der Waals surface area (Å²) in [4.78, 5) is 12.1. The van der Waals surface area contributed by atoms with Crippen LogP contribution in [0.1, 0.15) is 13.8 Å². The Labute approximate surface area is 141 Å². The molecule has 0 bridgehead atoms. The fourth-order valence-corrected chi connectivity index (χ4v) is 4.62. The molecule has 0 spiro atoms. The van der Waals surface area contributed by atoms with Crippen molar-refractivity contribution < 1.29 is 13.2 Å². The molecule has 1 amide bonds. The van der Waals surface area contributed by atoms with Gasteiger partial charge in [-0.2, -0.15) is 4.31 Å². The van der Waals surface area contributed by atoms with Crippen LogP contribution in [0.2, 0.25) is 5.02 Å². The van der Waals surface area contributed by atoms with Gasteiger partial charge < -0.3 is 5.32 Å². The zero-order valence-electron chi connectivity index (χ0n) is 13.2. The molecule has 1 fully saturated rings. The van der Waals surface area contributed by atoms with E-state index in [-0.39, 0.29) is 18.6 Å². The van der Waals surface area contributed by atoms with Crippen molar-refractivity contribution in [2.45, 2.75) is 31.2 Å². The lowest BCUT2D eigenvalue weighted by molar-refractivity contribution is -0.116. The highest BCUT2D eigenvalue weighted by molar-refractivity contribution is 7.89. The van der Waals surface area contributed by atoms with Crippen molar-refractivity contribution in [3.63, 3.8) is 0 Å². The Hall–Kier alpha value is -1.19. The van der Waals surface area contributed by atoms with Gasteiger partial charge in [0.25, 0.3) is 0 Å². The number of sulfonamides is 1. The number of nitrogens with zero attached hydrogens (tertiary/aromatic N) is 1. The fraction of sp³-hybridized carbons (Fsp3) is 0.500. The summed E-state index contributed by atoms with van der Waals surface area (Å²) in [6.45, 7) is 3.33. The van der Waals surface area contributed by atoms with Crippen LogP contribution in [0, 0.1) is 0 Å². The van der Waals surface area contributed by atoms with Gasteiger partial charge in [-0.15, -0.1) is 0 Å². The van der Waals surface area contributed by atoms with Crippen molar-refractivity contribution in [2.24, 2.45) is 0 Å². The SMILES string of the molecule is CC1NNC(C)C1S(=O)(=O)N(C)CC(=O)Nc1ccc(Cl)cc1. The Morgan fingerprint density at radius 2 is 1.74 bits per heavy atom. The van der Waals surface area contributed by atoms with Crippen LogP contribution < -0.4 is 16.2 Å². The van der Waals surface area contributed by atoms with Gasteiger partial charge in [0.2, 0.25) is 15.9 Å². The summed E-state index contributed by atoms with van der Waals surface area (Å²) in [5, 5.41) is 2.58. The Kier molecular flexibility index (Phi) is 5.64. The molecule has 2 atom stereocenters. The number of hydrogen-bond acceptors (Lipinski definition) is 5. The molecular formula is C14H21ClN4O3S. The number of halogens is 1. The Bertz CT molecular complexity index is 655. The predicted octanol–water partition coefficient (Wildman–Crippen LogP) is 0.794. The second-order valence-corrected chi connectivity index (χ2v) is 8.32. The molecule has 1 aromatic rings. The molecule has 0 saturated carbocycles. The van der Waals surface area contributed by atoms with Crippen molar-refractivity contribution in [1.82, 2.24) is 15.2 Å². The van der Waals surface area contributed by atoms with Crippen molar-refractivity contribution in [1.29, 1.82) is 0 Å². The number of benzene rings is 1. The summed E-state index contributed by atoms with van der Waals surface area (Å²) in [6.07, 6.45) is 0. The van der Waals surface area contributed by atoms with E-state index < -0.39 is 21.2 Å². The maximum atomic E-state index is 12.6. The molecule has 1 aromatic carbocycles. The van der Waals surface area contributed by atoms with Crippen LogP contribution in [0.15, 0.2) is 24.3 Å². The molecule has 0 radical (unpaired) electrons. The number of nitrogens with one attached hydrogen (secondary N) is 3. The van der Waals surface area contributed by atoms with E-state index in [1.807, 2.05) is 0 Å². The molecular weight excluding hydrogens is 340 g/mol. The van der Waals surface area contributed by atoms with E-state index in [9.17, 15) is 13.2 Å². The highest BCUT2D eigenvalue weighted by atomic mass is 35.5. The predicted molar refractivity (Wildman–Crippen MR) is 90.6 cm³/mol. The first-order valence-electron chi connectivity index (χ1n) is 7.23. The smallest absolute Gasteiger partial charge is 0.239 e. The van der Waals surface area contributed by atoms with E-state index >= 15 is 0 Å². The van der Waals surface area contributed by atoms with Gasteiger partial charge in [0.05, 0.1) is 6.54 Å². The van der Waals surface area contributed by atoms with E-state index in [1.165, 1.54) is 7.05 Å². The van der Waals surface area contributed by atoms with Gasteiger partial charge in [-0.25, -0.2) is 8.42 Å². The molecule has 1 heterocycles. The molecule has 2 rings (SSSR count). The Balaban J connectivity index is 2.01. The first-order chi connectivity index (χ1) is 10.7. The van der Waals surface area contributed by atoms with Gasteiger partial charge in [0, 0.05) is 29.8 Å². The maximum Gasteiger partial charge on any atom is 0.239 e. The third-order valence-electron chi connectivity index (χ3n) is 3.80. The van der Waals surface area contributed by atoms with E-state index in [4.69, 9.17) is 11.6 Å². The van der Waals surface area contributed by atoms with Crippen molar-refractivity contribution >= 4 is 33.2 Å². The topological polar surface area (TPSA) is 90.5 Å². The van der Waals surface area contributed by atoms with Gasteiger partial charge in [-0.05, 0) is 38.1 Å². The van der Waals surface area contributed by atoms with Crippen LogP contribution in [0.4, 0.5) is 5.69 Å². The average Bonchev–Trinajstić information content (AvgIpc) is 2.81. The van der Waals surface area contributed by atoms with Gasteiger partial charge in [0.15, 0.2) is 0 Å². The van der Waals surface area contributed by atoms with Crippen LogP contribution in [0.5, 0.6) is 0 Å². The number of amides is 1. The van der Waals surface area contributed by atoms with Gasteiger partial charge >= 0.3 is 0 Å². The maximum absolute atomic E-state index is 12.6. The van der Waals surface area contributed by atoms with Crippen molar-refractivity contribution in [3.05, 3.63) is 29.3 Å². The fourth-order valence-electron chi connectivity index (χ4n) is 2.61. The molecule has 9 heteroatoms. The highest BCUT2D eigenvalue weighted by Gasteiger charge is 2.42. The van der Waals surface area contributed by atoms with Gasteiger partial charge in [0.1, 0.15) is 5.25 Å². The second-order valence-electron chi connectivity index (χ2n) is 5.69. The molecule has 1 saturated heterocycles. The van der Waals surface area contributed by atoms with Gasteiger partial charge in [-0.3, -0.25) is 15.6 Å². The largest absolute Gasteiger partial charge is 0.325 e. The number of anilines is 1. The monoisotopic (exact) mass is 360 g/mol. The highest BCUT2D eigenvalue weighted by Crippen LogP contribution is 2.19. The summed E-state index contributed by atoms with van der Waals surface area (Å²) in [6, 6.07) is 6.13. The van der Waals surface area contributed by atoms with Crippen LogP contribution in [-0.2, 0) is 14.8 Å². The van der Waals surface area contributed by atoms with E-state index in [0.29, 0.717) is 10.7 Å². The lowest BCUT2D eigenvalue weighted by Crippen LogP contribution is -2.47. The van der Waals surface area contributed by atoms with E-state index in [0.717, 1.165) is 4.31 Å². The average molecular weight is 361 g/mol. The Morgan fingerprint density at radius 1 is 1.22 bits per heavy atom. The number of likely N-dealkylation sites (N-methyl/N-ethyl adjacent to an activating group) is 1. The molecule has 0 aromatic heterocycles. The molecule has 23 heavy (non-hydrogen) atoms. The molecule has 7 nitrogen and oxygen atoms in total. The van der Waals surface area contributed by atoms with E-state index in [2.05, 4.69) is 16.2 Å². The first kappa shape index (κ1) is 18.2. The minimum absolute atomic E-state index is 0.239. The molecule has 1 aliphatic rings. The number of carbonyl (C=O) groups excluding carboxylic acids is 1. The summed E-state index contributed by atoms with van der Waals surface area (Å²) >= 11 is 5.78. The lowest BCUT2D eigenvalue weighted by Gasteiger charge is -2.25. The zero-order valence-corrected chi connectivity index (χ0v) is 14.8. The minimum atomic E-state index is -3.60. The Morgan fingerprint density at radius 3 is 2.26 bits per heavy atom. The molecule has 3 N–H and O–H groups in total. The molecule has 2 unspecified atom stereocenters.